The standard InChI is InChI=1S/C15H20O4/c1-3-10-18-11(2)15(14(16)17)9-8-12-6-4-5-7-13(12)19-15/h4-7,11H,3,8-10H2,1-2H3,(H,16,17). The summed E-state index contributed by atoms with van der Waals surface area (Å²) in [6, 6.07) is 7.58. The first-order chi connectivity index (χ1) is 9.10. The van der Waals surface area contributed by atoms with Gasteiger partial charge in [0.1, 0.15) is 11.9 Å². The fraction of sp³-hybridized carbons (Fsp3) is 0.533. The van der Waals surface area contributed by atoms with Crippen molar-refractivity contribution in [2.45, 2.75) is 44.8 Å². The molecule has 0 bridgehead atoms. The third kappa shape index (κ3) is 2.59. The van der Waals surface area contributed by atoms with E-state index in [4.69, 9.17) is 9.47 Å². The molecule has 0 amide bonds. The second kappa shape index (κ2) is 5.61. The average molecular weight is 264 g/mol. The Bertz CT molecular complexity index is 457. The van der Waals surface area contributed by atoms with Crippen LogP contribution in [0.25, 0.3) is 0 Å². The zero-order chi connectivity index (χ0) is 13.9. The predicted octanol–water partition coefficient (Wildman–Crippen LogP) is 2.65. The van der Waals surface area contributed by atoms with Crippen LogP contribution in [-0.4, -0.2) is 29.4 Å². The Labute approximate surface area is 113 Å². The first-order valence-electron chi connectivity index (χ1n) is 6.72. The predicted molar refractivity (Wildman–Crippen MR) is 71.5 cm³/mol. The number of aryl methyl sites for hydroxylation is 1. The van der Waals surface area contributed by atoms with Gasteiger partial charge in [-0.15, -0.1) is 0 Å². The van der Waals surface area contributed by atoms with Crippen LogP contribution in [0.4, 0.5) is 0 Å². The van der Waals surface area contributed by atoms with Gasteiger partial charge in [-0.05, 0) is 31.4 Å². The highest BCUT2D eigenvalue weighted by molar-refractivity contribution is 5.79. The van der Waals surface area contributed by atoms with Gasteiger partial charge in [0.15, 0.2) is 0 Å². The van der Waals surface area contributed by atoms with E-state index >= 15 is 0 Å². The second-order valence-electron chi connectivity index (χ2n) is 4.92. The van der Waals surface area contributed by atoms with Gasteiger partial charge in [-0.25, -0.2) is 4.79 Å². The van der Waals surface area contributed by atoms with Crippen molar-refractivity contribution < 1.29 is 19.4 Å². The molecule has 0 saturated carbocycles. The van der Waals surface area contributed by atoms with Crippen LogP contribution in [0, 0.1) is 0 Å². The molecular formula is C15H20O4. The van der Waals surface area contributed by atoms with E-state index in [9.17, 15) is 9.90 Å². The molecule has 0 aromatic heterocycles. The first-order valence-corrected chi connectivity index (χ1v) is 6.72. The summed E-state index contributed by atoms with van der Waals surface area (Å²) in [4.78, 5) is 11.7. The first kappa shape index (κ1) is 13.9. The van der Waals surface area contributed by atoms with Crippen molar-refractivity contribution in [3.8, 4) is 5.75 Å². The number of benzene rings is 1. The highest BCUT2D eigenvalue weighted by atomic mass is 16.6. The second-order valence-corrected chi connectivity index (χ2v) is 4.92. The minimum Gasteiger partial charge on any atom is -0.478 e. The molecule has 19 heavy (non-hydrogen) atoms. The molecule has 2 atom stereocenters. The summed E-state index contributed by atoms with van der Waals surface area (Å²) >= 11 is 0. The van der Waals surface area contributed by atoms with Crippen molar-refractivity contribution in [1.82, 2.24) is 0 Å². The molecule has 104 valence electrons. The number of rotatable bonds is 5. The summed E-state index contributed by atoms with van der Waals surface area (Å²) in [5, 5.41) is 9.58. The molecule has 1 N–H and O–H groups in total. The molecule has 0 spiro atoms. The summed E-state index contributed by atoms with van der Waals surface area (Å²) in [6.07, 6.45) is 1.52. The zero-order valence-corrected chi connectivity index (χ0v) is 11.4. The molecule has 1 aliphatic rings. The lowest BCUT2D eigenvalue weighted by atomic mass is 9.87. The Morgan fingerprint density at radius 1 is 1.53 bits per heavy atom. The lowest BCUT2D eigenvalue weighted by molar-refractivity contribution is -0.172. The van der Waals surface area contributed by atoms with E-state index in [-0.39, 0.29) is 0 Å². The third-order valence-corrected chi connectivity index (χ3v) is 3.62. The largest absolute Gasteiger partial charge is 0.478 e. The molecule has 2 rings (SSSR count). The number of fused-ring (bicyclic) bond motifs is 1. The summed E-state index contributed by atoms with van der Waals surface area (Å²) in [6.45, 7) is 4.32. The average Bonchev–Trinajstić information content (AvgIpc) is 2.43. The molecule has 4 nitrogen and oxygen atoms in total. The highest BCUT2D eigenvalue weighted by Gasteiger charge is 2.49. The van der Waals surface area contributed by atoms with E-state index in [0.29, 0.717) is 25.2 Å². The number of carboxylic acid groups (broad SMARTS) is 1. The monoisotopic (exact) mass is 264 g/mol. The molecule has 1 heterocycles. The minimum atomic E-state index is -1.27. The van der Waals surface area contributed by atoms with Crippen LogP contribution in [-0.2, 0) is 16.0 Å². The third-order valence-electron chi connectivity index (χ3n) is 3.62. The molecule has 0 radical (unpaired) electrons. The van der Waals surface area contributed by atoms with Crippen LogP contribution in [0.3, 0.4) is 0 Å². The van der Waals surface area contributed by atoms with Crippen LogP contribution < -0.4 is 4.74 Å². The number of hydrogen-bond donors (Lipinski definition) is 1. The Kier molecular flexibility index (Phi) is 4.10. The maximum absolute atomic E-state index is 11.7. The number of carbonyl (C=O) groups is 1. The van der Waals surface area contributed by atoms with Gasteiger partial charge in [0, 0.05) is 13.0 Å². The Morgan fingerprint density at radius 2 is 2.26 bits per heavy atom. The fourth-order valence-electron chi connectivity index (χ4n) is 2.42. The van der Waals surface area contributed by atoms with E-state index in [0.717, 1.165) is 12.0 Å². The number of para-hydroxylation sites is 1. The van der Waals surface area contributed by atoms with E-state index in [1.807, 2.05) is 31.2 Å². The Balaban J connectivity index is 2.25. The van der Waals surface area contributed by atoms with Crippen LogP contribution >= 0.6 is 0 Å². The van der Waals surface area contributed by atoms with Gasteiger partial charge in [-0.1, -0.05) is 25.1 Å². The minimum absolute atomic E-state index is 0.435. The van der Waals surface area contributed by atoms with Crippen molar-refractivity contribution in [2.24, 2.45) is 0 Å². The van der Waals surface area contributed by atoms with Gasteiger partial charge >= 0.3 is 5.97 Å². The molecule has 1 aromatic rings. The van der Waals surface area contributed by atoms with Gasteiger partial charge in [0.25, 0.3) is 0 Å². The van der Waals surface area contributed by atoms with Gasteiger partial charge in [0.05, 0.1) is 0 Å². The number of aliphatic carboxylic acids is 1. The van der Waals surface area contributed by atoms with E-state index in [1.54, 1.807) is 6.92 Å². The molecule has 0 fully saturated rings. The lowest BCUT2D eigenvalue weighted by Crippen LogP contribution is -2.56. The summed E-state index contributed by atoms with van der Waals surface area (Å²) in [5.74, 6) is -0.297. The van der Waals surface area contributed by atoms with E-state index in [2.05, 4.69) is 0 Å². The van der Waals surface area contributed by atoms with Crippen LogP contribution in [0.2, 0.25) is 0 Å². The molecule has 1 aliphatic heterocycles. The molecular weight excluding hydrogens is 244 g/mol. The van der Waals surface area contributed by atoms with Crippen molar-refractivity contribution in [1.29, 1.82) is 0 Å². The topological polar surface area (TPSA) is 55.8 Å². The highest BCUT2D eigenvalue weighted by Crippen LogP contribution is 2.36. The zero-order valence-electron chi connectivity index (χ0n) is 11.4. The van der Waals surface area contributed by atoms with Crippen LogP contribution in [0.1, 0.15) is 32.3 Å². The van der Waals surface area contributed by atoms with Crippen molar-refractivity contribution in [3.05, 3.63) is 29.8 Å². The Hall–Kier alpha value is -1.55. The maximum atomic E-state index is 11.7. The summed E-state index contributed by atoms with van der Waals surface area (Å²) < 4.78 is 11.4. The smallest absolute Gasteiger partial charge is 0.350 e. The van der Waals surface area contributed by atoms with E-state index in [1.165, 1.54) is 0 Å². The van der Waals surface area contributed by atoms with Gasteiger partial charge in [0.2, 0.25) is 5.60 Å². The molecule has 2 unspecified atom stereocenters. The summed E-state index contributed by atoms with van der Waals surface area (Å²) in [5.41, 5.74) is -0.217. The van der Waals surface area contributed by atoms with Crippen molar-refractivity contribution in [2.75, 3.05) is 6.61 Å². The van der Waals surface area contributed by atoms with Crippen molar-refractivity contribution >= 4 is 5.97 Å². The van der Waals surface area contributed by atoms with Gasteiger partial charge < -0.3 is 14.6 Å². The number of carboxylic acids is 1. The molecule has 4 heteroatoms. The van der Waals surface area contributed by atoms with Gasteiger partial charge in [-0.3, -0.25) is 0 Å². The van der Waals surface area contributed by atoms with Crippen LogP contribution in [0.15, 0.2) is 24.3 Å². The van der Waals surface area contributed by atoms with Crippen molar-refractivity contribution in [3.63, 3.8) is 0 Å². The Morgan fingerprint density at radius 3 is 2.95 bits per heavy atom. The maximum Gasteiger partial charge on any atom is 0.350 e. The van der Waals surface area contributed by atoms with E-state index < -0.39 is 17.7 Å². The quantitative estimate of drug-likeness (QED) is 0.888. The lowest BCUT2D eigenvalue weighted by Gasteiger charge is -2.39. The number of hydrogen-bond acceptors (Lipinski definition) is 3. The van der Waals surface area contributed by atoms with Gasteiger partial charge in [-0.2, -0.15) is 0 Å². The molecule has 0 saturated heterocycles. The normalized spacial score (nSPS) is 23.3. The molecule has 1 aromatic carbocycles. The molecule has 0 aliphatic carbocycles. The summed E-state index contributed by atoms with van der Waals surface area (Å²) in [7, 11) is 0. The SMILES string of the molecule is CCCOC(C)C1(C(=O)O)CCc2ccccc2O1. The van der Waals surface area contributed by atoms with Crippen LogP contribution in [0.5, 0.6) is 5.75 Å². The number of ether oxygens (including phenoxy) is 2. The fourth-order valence-corrected chi connectivity index (χ4v) is 2.42.